The number of rotatable bonds is 3. The summed E-state index contributed by atoms with van der Waals surface area (Å²) in [4.78, 5) is 7.59. The van der Waals surface area contributed by atoms with Gasteiger partial charge in [0.05, 0.1) is 5.69 Å². The Balaban J connectivity index is 2.33. The zero-order valence-electron chi connectivity index (χ0n) is 9.04. The van der Waals surface area contributed by atoms with Crippen molar-refractivity contribution >= 4 is 37.5 Å². The van der Waals surface area contributed by atoms with E-state index in [4.69, 9.17) is 5.73 Å². The number of aromatic nitrogens is 2. The maximum Gasteiger partial charge on any atom is 0.266 e. The maximum atomic E-state index is 12.0. The molecule has 0 spiro atoms. The van der Waals surface area contributed by atoms with Gasteiger partial charge in [-0.1, -0.05) is 0 Å². The van der Waals surface area contributed by atoms with Crippen LogP contribution in [0.3, 0.4) is 0 Å². The van der Waals surface area contributed by atoms with E-state index in [0.29, 0.717) is 0 Å². The fourth-order valence-corrected chi connectivity index (χ4v) is 2.56. The van der Waals surface area contributed by atoms with Crippen LogP contribution in [0.2, 0.25) is 0 Å². The van der Waals surface area contributed by atoms with Crippen LogP contribution in [0, 0.1) is 0 Å². The van der Waals surface area contributed by atoms with Gasteiger partial charge in [-0.3, -0.25) is 9.71 Å². The predicted octanol–water partition coefficient (Wildman–Crippen LogP) is 1.62. The lowest BCUT2D eigenvalue weighted by Crippen LogP contribution is -2.15. The molecule has 8 heteroatoms. The van der Waals surface area contributed by atoms with Crippen LogP contribution in [0.4, 0.5) is 11.5 Å². The van der Waals surface area contributed by atoms with E-state index in [0.717, 1.165) is 4.47 Å². The molecule has 0 fully saturated rings. The van der Waals surface area contributed by atoms with E-state index >= 15 is 0 Å². The number of pyridine rings is 2. The molecule has 0 atom stereocenters. The van der Waals surface area contributed by atoms with Crippen molar-refractivity contribution in [2.45, 2.75) is 4.90 Å². The molecule has 94 valence electrons. The Hall–Kier alpha value is -1.67. The first-order valence-electron chi connectivity index (χ1n) is 4.83. The van der Waals surface area contributed by atoms with Crippen molar-refractivity contribution in [3.05, 3.63) is 41.3 Å². The number of hydrogen-bond acceptors (Lipinski definition) is 5. The molecule has 0 aliphatic heterocycles. The number of halogens is 1. The molecule has 0 saturated carbocycles. The standard InChI is InChI=1S/C10H9BrN4O2S/c11-7-1-2-10(14-5-7)15-18(16,17)9-6-13-4-3-8(9)12/h1-6H,(H2,12,13)(H,14,15). The minimum absolute atomic E-state index is 0.0743. The summed E-state index contributed by atoms with van der Waals surface area (Å²) in [7, 11) is -3.77. The minimum atomic E-state index is -3.77. The average Bonchev–Trinajstić information content (AvgIpc) is 2.32. The number of anilines is 2. The topological polar surface area (TPSA) is 98.0 Å². The average molecular weight is 329 g/mol. The van der Waals surface area contributed by atoms with Crippen LogP contribution in [0.15, 0.2) is 46.2 Å². The molecule has 6 nitrogen and oxygen atoms in total. The molecule has 0 aliphatic carbocycles. The summed E-state index contributed by atoms with van der Waals surface area (Å²) in [6, 6.07) is 4.63. The monoisotopic (exact) mass is 328 g/mol. The van der Waals surface area contributed by atoms with Gasteiger partial charge in [0.25, 0.3) is 10.0 Å². The van der Waals surface area contributed by atoms with Gasteiger partial charge in [0.1, 0.15) is 10.7 Å². The second kappa shape index (κ2) is 4.91. The van der Waals surface area contributed by atoms with E-state index in [1.54, 1.807) is 6.07 Å². The number of nitrogens with one attached hydrogen (secondary N) is 1. The summed E-state index contributed by atoms with van der Waals surface area (Å²) in [6.07, 6.45) is 4.10. The summed E-state index contributed by atoms with van der Waals surface area (Å²) in [5.41, 5.74) is 5.73. The fraction of sp³-hybridized carbons (Fsp3) is 0. The van der Waals surface area contributed by atoms with Crippen molar-refractivity contribution in [1.82, 2.24) is 9.97 Å². The first-order chi connectivity index (χ1) is 8.49. The van der Waals surface area contributed by atoms with E-state index in [1.165, 1.54) is 30.7 Å². The summed E-state index contributed by atoms with van der Waals surface area (Å²) in [5, 5.41) is 0. The van der Waals surface area contributed by atoms with Gasteiger partial charge in [0.2, 0.25) is 0 Å². The SMILES string of the molecule is Nc1ccncc1S(=O)(=O)Nc1ccc(Br)cn1. The molecule has 2 heterocycles. The van der Waals surface area contributed by atoms with Crippen LogP contribution in [-0.4, -0.2) is 18.4 Å². The molecular weight excluding hydrogens is 320 g/mol. The molecule has 18 heavy (non-hydrogen) atoms. The first-order valence-corrected chi connectivity index (χ1v) is 7.10. The smallest absolute Gasteiger partial charge is 0.266 e. The largest absolute Gasteiger partial charge is 0.398 e. The van der Waals surface area contributed by atoms with E-state index in [2.05, 4.69) is 30.6 Å². The lowest BCUT2D eigenvalue weighted by molar-refractivity contribution is 0.601. The number of nitrogen functional groups attached to an aromatic ring is 1. The Morgan fingerprint density at radius 1 is 1.22 bits per heavy atom. The number of nitrogens with zero attached hydrogens (tertiary/aromatic N) is 2. The van der Waals surface area contributed by atoms with Crippen molar-refractivity contribution in [3.8, 4) is 0 Å². The highest BCUT2D eigenvalue weighted by Crippen LogP contribution is 2.19. The lowest BCUT2D eigenvalue weighted by atomic mass is 10.4. The van der Waals surface area contributed by atoms with E-state index < -0.39 is 10.0 Å². The van der Waals surface area contributed by atoms with Crippen LogP contribution in [-0.2, 0) is 10.0 Å². The highest BCUT2D eigenvalue weighted by Gasteiger charge is 2.18. The molecule has 3 N–H and O–H groups in total. The highest BCUT2D eigenvalue weighted by atomic mass is 79.9. The molecular formula is C10H9BrN4O2S. The van der Waals surface area contributed by atoms with Gasteiger partial charge in [0, 0.05) is 23.1 Å². The van der Waals surface area contributed by atoms with Crippen LogP contribution >= 0.6 is 15.9 Å². The van der Waals surface area contributed by atoms with Gasteiger partial charge in [-0.25, -0.2) is 13.4 Å². The van der Waals surface area contributed by atoms with Crippen LogP contribution in [0.25, 0.3) is 0 Å². The third kappa shape index (κ3) is 2.77. The van der Waals surface area contributed by atoms with Gasteiger partial charge in [-0.2, -0.15) is 0 Å². The van der Waals surface area contributed by atoms with Crippen molar-refractivity contribution in [2.24, 2.45) is 0 Å². The highest BCUT2D eigenvalue weighted by molar-refractivity contribution is 9.10. The Bertz CT molecular complexity index is 658. The molecule has 0 aromatic carbocycles. The third-order valence-electron chi connectivity index (χ3n) is 2.07. The van der Waals surface area contributed by atoms with Gasteiger partial charge in [-0.05, 0) is 34.1 Å². The summed E-state index contributed by atoms with van der Waals surface area (Å²) in [5.74, 6) is 0.210. The Morgan fingerprint density at radius 2 is 2.00 bits per heavy atom. The van der Waals surface area contributed by atoms with Gasteiger partial charge < -0.3 is 5.73 Å². The second-order valence-electron chi connectivity index (χ2n) is 3.38. The molecule has 2 aromatic heterocycles. The predicted molar refractivity (Wildman–Crippen MR) is 71.4 cm³/mol. The van der Waals surface area contributed by atoms with Crippen molar-refractivity contribution in [3.63, 3.8) is 0 Å². The van der Waals surface area contributed by atoms with Crippen molar-refractivity contribution in [2.75, 3.05) is 10.5 Å². The minimum Gasteiger partial charge on any atom is -0.398 e. The Kier molecular flexibility index (Phi) is 3.48. The van der Waals surface area contributed by atoms with Crippen LogP contribution in [0.5, 0.6) is 0 Å². The van der Waals surface area contributed by atoms with E-state index in [1.807, 2.05) is 0 Å². The summed E-state index contributed by atoms with van der Waals surface area (Å²) in [6.45, 7) is 0. The number of sulfonamides is 1. The summed E-state index contributed by atoms with van der Waals surface area (Å²) < 4.78 is 27.1. The zero-order valence-corrected chi connectivity index (χ0v) is 11.4. The van der Waals surface area contributed by atoms with Crippen molar-refractivity contribution < 1.29 is 8.42 Å². The van der Waals surface area contributed by atoms with Gasteiger partial charge >= 0.3 is 0 Å². The molecule has 0 saturated heterocycles. The Morgan fingerprint density at radius 3 is 2.61 bits per heavy atom. The second-order valence-corrected chi connectivity index (χ2v) is 5.95. The Labute approximate surface area is 112 Å². The molecule has 0 amide bonds. The normalized spacial score (nSPS) is 11.2. The van der Waals surface area contributed by atoms with Gasteiger partial charge in [-0.15, -0.1) is 0 Å². The zero-order chi connectivity index (χ0) is 13.2. The van der Waals surface area contributed by atoms with E-state index in [-0.39, 0.29) is 16.4 Å². The van der Waals surface area contributed by atoms with Crippen LogP contribution in [0.1, 0.15) is 0 Å². The molecule has 0 radical (unpaired) electrons. The fourth-order valence-electron chi connectivity index (χ4n) is 1.24. The lowest BCUT2D eigenvalue weighted by Gasteiger charge is -2.08. The summed E-state index contributed by atoms with van der Waals surface area (Å²) >= 11 is 3.21. The van der Waals surface area contributed by atoms with Crippen molar-refractivity contribution in [1.29, 1.82) is 0 Å². The molecule has 0 bridgehead atoms. The quantitative estimate of drug-likeness (QED) is 0.892. The number of hydrogen-bond donors (Lipinski definition) is 2. The molecule has 0 unspecified atom stereocenters. The van der Waals surface area contributed by atoms with E-state index in [9.17, 15) is 8.42 Å². The molecule has 2 aromatic rings. The van der Waals surface area contributed by atoms with Crippen LogP contribution < -0.4 is 10.5 Å². The molecule has 2 rings (SSSR count). The number of nitrogens with two attached hydrogens (primary N) is 1. The molecule has 0 aliphatic rings. The third-order valence-corrected chi connectivity index (χ3v) is 3.94. The first kappa shape index (κ1) is 12.8. The van der Waals surface area contributed by atoms with Gasteiger partial charge in [0.15, 0.2) is 0 Å². The maximum absolute atomic E-state index is 12.0.